The molecule has 1 aliphatic rings. The van der Waals surface area contributed by atoms with Gasteiger partial charge in [-0.3, -0.25) is 0 Å². The van der Waals surface area contributed by atoms with Crippen LogP contribution < -0.4 is 0 Å². The van der Waals surface area contributed by atoms with E-state index in [-0.39, 0.29) is 0 Å². The molecule has 1 saturated heterocycles. The molecule has 0 bridgehead atoms. The summed E-state index contributed by atoms with van der Waals surface area (Å²) in [7, 11) is 1.82. The van der Waals surface area contributed by atoms with Gasteiger partial charge in [0.25, 0.3) is 0 Å². The van der Waals surface area contributed by atoms with Gasteiger partial charge in [-0.2, -0.15) is 0 Å². The van der Waals surface area contributed by atoms with E-state index in [9.17, 15) is 0 Å². The average molecular weight is 201 g/mol. The van der Waals surface area contributed by atoms with Gasteiger partial charge in [-0.1, -0.05) is 6.92 Å². The Kier molecular flexibility index (Phi) is 8.89. The van der Waals surface area contributed by atoms with E-state index in [4.69, 9.17) is 9.53 Å². The van der Waals surface area contributed by atoms with E-state index < -0.39 is 0 Å². The molecule has 0 aromatic carbocycles. The second-order valence-corrected chi connectivity index (χ2v) is 3.51. The first-order chi connectivity index (χ1) is 6.78. The Balaban J connectivity index is 0.000000500. The average Bonchev–Trinajstić information content (AvgIpc) is 2.21. The van der Waals surface area contributed by atoms with Crippen molar-refractivity contribution >= 4 is 6.29 Å². The third kappa shape index (κ3) is 6.11. The van der Waals surface area contributed by atoms with E-state index >= 15 is 0 Å². The highest BCUT2D eigenvalue weighted by molar-refractivity contribution is 5.44. The van der Waals surface area contributed by atoms with E-state index in [2.05, 4.69) is 11.8 Å². The number of hydrogen-bond donors (Lipinski definition) is 0. The van der Waals surface area contributed by atoms with Crippen LogP contribution in [0.25, 0.3) is 0 Å². The number of likely N-dealkylation sites (tertiary alicyclic amines) is 1. The zero-order valence-electron chi connectivity index (χ0n) is 9.66. The molecule has 3 heteroatoms. The highest BCUT2D eigenvalue weighted by Gasteiger charge is 2.17. The van der Waals surface area contributed by atoms with Gasteiger partial charge in [0.2, 0.25) is 0 Å². The predicted molar refractivity (Wildman–Crippen MR) is 58.5 cm³/mol. The van der Waals surface area contributed by atoms with Crippen molar-refractivity contribution < 1.29 is 9.53 Å². The minimum atomic E-state index is 0.531. The van der Waals surface area contributed by atoms with Crippen molar-refractivity contribution in [1.29, 1.82) is 0 Å². The number of rotatable bonds is 3. The van der Waals surface area contributed by atoms with Crippen LogP contribution in [0, 0.1) is 0 Å². The van der Waals surface area contributed by atoms with Crippen molar-refractivity contribution in [2.24, 2.45) is 0 Å². The maximum atomic E-state index is 8.81. The summed E-state index contributed by atoms with van der Waals surface area (Å²) in [6, 6.07) is 0. The van der Waals surface area contributed by atoms with Crippen LogP contribution in [0.3, 0.4) is 0 Å². The molecule has 0 radical (unpaired) electrons. The van der Waals surface area contributed by atoms with Crippen molar-refractivity contribution in [2.75, 3.05) is 26.7 Å². The smallest absolute Gasteiger partial charge is 0.116 e. The van der Waals surface area contributed by atoms with Crippen LogP contribution in [0.5, 0.6) is 0 Å². The predicted octanol–water partition coefficient (Wildman–Crippen LogP) is 1.71. The molecule has 0 unspecified atom stereocenters. The van der Waals surface area contributed by atoms with E-state index in [1.54, 1.807) is 0 Å². The van der Waals surface area contributed by atoms with E-state index in [0.717, 1.165) is 6.29 Å². The lowest BCUT2D eigenvalue weighted by Crippen LogP contribution is -2.36. The SMILES string of the molecule is CC=O.CCCN1CCC(OC)CC1. The fourth-order valence-corrected chi connectivity index (χ4v) is 1.68. The lowest BCUT2D eigenvalue weighted by atomic mass is 10.1. The van der Waals surface area contributed by atoms with Crippen molar-refractivity contribution in [2.45, 2.75) is 39.2 Å². The molecule has 0 N–H and O–H groups in total. The van der Waals surface area contributed by atoms with Crippen LogP contribution in [-0.4, -0.2) is 44.0 Å². The van der Waals surface area contributed by atoms with Crippen LogP contribution in [-0.2, 0) is 9.53 Å². The molecule has 14 heavy (non-hydrogen) atoms. The molecule has 3 nitrogen and oxygen atoms in total. The fourth-order valence-electron chi connectivity index (χ4n) is 1.68. The molecular weight excluding hydrogens is 178 g/mol. The first-order valence-electron chi connectivity index (χ1n) is 5.43. The van der Waals surface area contributed by atoms with Gasteiger partial charge < -0.3 is 14.4 Å². The molecule has 0 aromatic heterocycles. The van der Waals surface area contributed by atoms with Gasteiger partial charge in [-0.05, 0) is 32.7 Å². The highest BCUT2D eigenvalue weighted by Crippen LogP contribution is 2.12. The van der Waals surface area contributed by atoms with Crippen LogP contribution in [0.4, 0.5) is 0 Å². The number of nitrogens with zero attached hydrogens (tertiary/aromatic N) is 1. The minimum Gasteiger partial charge on any atom is -0.381 e. The molecule has 0 aromatic rings. The molecule has 84 valence electrons. The molecule has 0 spiro atoms. The van der Waals surface area contributed by atoms with Crippen molar-refractivity contribution in [3.05, 3.63) is 0 Å². The van der Waals surface area contributed by atoms with Crippen LogP contribution in [0.1, 0.15) is 33.1 Å². The first-order valence-corrected chi connectivity index (χ1v) is 5.43. The van der Waals surface area contributed by atoms with E-state index in [1.165, 1.54) is 45.8 Å². The number of methoxy groups -OCH3 is 1. The number of carbonyl (C=O) groups excluding carboxylic acids is 1. The summed E-state index contributed by atoms with van der Waals surface area (Å²) in [5.74, 6) is 0. The van der Waals surface area contributed by atoms with Crippen molar-refractivity contribution in [3.8, 4) is 0 Å². The first kappa shape index (κ1) is 13.6. The summed E-state index contributed by atoms with van der Waals surface area (Å²) < 4.78 is 5.29. The Morgan fingerprint density at radius 3 is 2.29 bits per heavy atom. The third-order valence-corrected chi connectivity index (χ3v) is 2.41. The van der Waals surface area contributed by atoms with Gasteiger partial charge in [0.05, 0.1) is 6.10 Å². The molecule has 0 aliphatic carbocycles. The minimum absolute atomic E-state index is 0.531. The zero-order chi connectivity index (χ0) is 10.8. The Labute approximate surface area is 87.4 Å². The highest BCUT2D eigenvalue weighted by atomic mass is 16.5. The Morgan fingerprint density at radius 1 is 1.43 bits per heavy atom. The maximum Gasteiger partial charge on any atom is 0.116 e. The second-order valence-electron chi connectivity index (χ2n) is 3.51. The van der Waals surface area contributed by atoms with Gasteiger partial charge in [-0.15, -0.1) is 0 Å². The largest absolute Gasteiger partial charge is 0.381 e. The van der Waals surface area contributed by atoms with E-state index in [1.807, 2.05) is 7.11 Å². The van der Waals surface area contributed by atoms with Crippen molar-refractivity contribution in [1.82, 2.24) is 4.90 Å². The molecule has 1 heterocycles. The summed E-state index contributed by atoms with van der Waals surface area (Å²) in [5.41, 5.74) is 0. The Bertz CT molecular complexity index is 131. The molecule has 1 fully saturated rings. The molecule has 1 aliphatic heterocycles. The monoisotopic (exact) mass is 201 g/mol. The Morgan fingerprint density at radius 2 is 1.93 bits per heavy atom. The summed E-state index contributed by atoms with van der Waals surface area (Å²) in [6.07, 6.45) is 4.99. The number of hydrogen-bond acceptors (Lipinski definition) is 3. The van der Waals surface area contributed by atoms with Gasteiger partial charge >= 0.3 is 0 Å². The third-order valence-electron chi connectivity index (χ3n) is 2.41. The molecular formula is C11H23NO2. The zero-order valence-corrected chi connectivity index (χ0v) is 9.66. The van der Waals surface area contributed by atoms with E-state index in [0.29, 0.717) is 6.10 Å². The molecule has 0 saturated carbocycles. The summed E-state index contributed by atoms with van der Waals surface area (Å²) in [5, 5.41) is 0. The molecule has 1 rings (SSSR count). The summed E-state index contributed by atoms with van der Waals surface area (Å²) in [6.45, 7) is 7.40. The van der Waals surface area contributed by atoms with Gasteiger partial charge in [0.15, 0.2) is 0 Å². The van der Waals surface area contributed by atoms with Crippen LogP contribution in [0.15, 0.2) is 0 Å². The number of aldehydes is 1. The van der Waals surface area contributed by atoms with Gasteiger partial charge in [0, 0.05) is 20.2 Å². The topological polar surface area (TPSA) is 29.5 Å². The quantitative estimate of drug-likeness (QED) is 0.651. The summed E-state index contributed by atoms with van der Waals surface area (Å²) in [4.78, 5) is 11.3. The standard InChI is InChI=1S/C9H19NO.C2H4O/c1-3-6-10-7-4-9(11-2)5-8-10;1-2-3/h9H,3-8H2,1-2H3;2H,1H3. The van der Waals surface area contributed by atoms with Crippen LogP contribution in [0.2, 0.25) is 0 Å². The molecule has 0 amide bonds. The van der Waals surface area contributed by atoms with Crippen molar-refractivity contribution in [3.63, 3.8) is 0 Å². The fraction of sp³-hybridized carbons (Fsp3) is 0.909. The lowest BCUT2D eigenvalue weighted by Gasteiger charge is -2.30. The normalized spacial score (nSPS) is 18.5. The Hall–Kier alpha value is -0.410. The van der Waals surface area contributed by atoms with Gasteiger partial charge in [0.1, 0.15) is 6.29 Å². The second kappa shape index (κ2) is 9.16. The van der Waals surface area contributed by atoms with Crippen LogP contribution >= 0.6 is 0 Å². The number of piperidine rings is 1. The van der Waals surface area contributed by atoms with Gasteiger partial charge in [-0.25, -0.2) is 0 Å². The lowest BCUT2D eigenvalue weighted by molar-refractivity contribution is -0.106. The molecule has 0 atom stereocenters. The summed E-state index contributed by atoms with van der Waals surface area (Å²) >= 11 is 0. The number of carbonyl (C=O) groups is 1. The maximum absolute atomic E-state index is 8.81. The number of ether oxygens (including phenoxy) is 1.